The predicted octanol–water partition coefficient (Wildman–Crippen LogP) is 1.36. The molecule has 1 aromatic rings. The van der Waals surface area contributed by atoms with Gasteiger partial charge in [0.2, 0.25) is 10.0 Å². The average Bonchev–Trinajstić information content (AvgIpc) is 3.04. The molecule has 2 bridgehead atoms. The van der Waals surface area contributed by atoms with Crippen LogP contribution in [0.25, 0.3) is 0 Å². The Balaban J connectivity index is 1.21. The minimum Gasteiger partial charge on any atom is -0.360 e. The third kappa shape index (κ3) is 3.59. The van der Waals surface area contributed by atoms with Crippen molar-refractivity contribution in [3.8, 4) is 0 Å². The third-order valence-electron chi connectivity index (χ3n) is 6.64. The van der Waals surface area contributed by atoms with Gasteiger partial charge < -0.3 is 15.2 Å². The zero-order valence-corrected chi connectivity index (χ0v) is 16.8. The molecule has 4 fully saturated rings. The molecule has 1 saturated carbocycles. The summed E-state index contributed by atoms with van der Waals surface area (Å²) in [6.07, 6.45) is 7.28. The number of aromatic nitrogens is 1. The summed E-state index contributed by atoms with van der Waals surface area (Å²) in [6, 6.07) is 1.80. The van der Waals surface area contributed by atoms with Crippen molar-refractivity contribution >= 4 is 15.9 Å². The fourth-order valence-corrected chi connectivity index (χ4v) is 7.42. The van der Waals surface area contributed by atoms with Crippen molar-refractivity contribution < 1.29 is 17.7 Å². The van der Waals surface area contributed by atoms with Gasteiger partial charge in [-0.1, -0.05) is 5.16 Å². The number of carbonyl (C=O) groups excluding carboxylic acids is 1. The summed E-state index contributed by atoms with van der Waals surface area (Å²) in [6.45, 7) is 0.908. The van der Waals surface area contributed by atoms with Crippen LogP contribution in [-0.4, -0.2) is 60.3 Å². The molecule has 4 aliphatic rings. The molecular weight excluding hydrogens is 380 g/mol. The number of hydrogen-bond donors (Lipinski definition) is 2. The van der Waals surface area contributed by atoms with E-state index in [1.54, 1.807) is 10.4 Å². The van der Waals surface area contributed by atoms with Crippen molar-refractivity contribution in [1.29, 1.82) is 0 Å². The standard InChI is InChI=1S/C19H28N4O4S/c24-19(17-10-18(27-22-17)12-3-4-12)21-14-8-15-5-6-16(9-14)23(15)28(25,26)11-13-2-1-7-20-13/h10,12-16,20H,1-9,11H2,(H,21,24)/t13-,14-,15+,16-/m1/s1. The number of hydrogen-bond acceptors (Lipinski definition) is 6. The number of carbonyl (C=O) groups is 1. The van der Waals surface area contributed by atoms with Crippen LogP contribution < -0.4 is 10.6 Å². The molecule has 0 spiro atoms. The van der Waals surface area contributed by atoms with E-state index in [1.807, 2.05) is 0 Å². The topological polar surface area (TPSA) is 105 Å². The van der Waals surface area contributed by atoms with E-state index in [2.05, 4.69) is 15.8 Å². The van der Waals surface area contributed by atoms with E-state index in [9.17, 15) is 13.2 Å². The van der Waals surface area contributed by atoms with E-state index in [4.69, 9.17) is 4.52 Å². The molecule has 9 heteroatoms. The van der Waals surface area contributed by atoms with Crippen molar-refractivity contribution in [2.24, 2.45) is 0 Å². The van der Waals surface area contributed by atoms with Gasteiger partial charge >= 0.3 is 0 Å². The molecule has 0 radical (unpaired) electrons. The zero-order chi connectivity index (χ0) is 19.3. The summed E-state index contributed by atoms with van der Waals surface area (Å²) in [5, 5.41) is 10.3. The fourth-order valence-electron chi connectivity index (χ4n) is 5.16. The van der Waals surface area contributed by atoms with Crippen LogP contribution in [0.4, 0.5) is 0 Å². The Morgan fingerprint density at radius 3 is 2.61 bits per heavy atom. The average molecular weight is 409 g/mol. The van der Waals surface area contributed by atoms with Crippen molar-refractivity contribution in [2.75, 3.05) is 12.3 Å². The lowest BCUT2D eigenvalue weighted by atomic mass is 9.99. The predicted molar refractivity (Wildman–Crippen MR) is 102 cm³/mol. The van der Waals surface area contributed by atoms with Crippen molar-refractivity contribution in [3.05, 3.63) is 17.5 Å². The second-order valence-electron chi connectivity index (χ2n) is 8.82. The van der Waals surface area contributed by atoms with Crippen LogP contribution in [0.15, 0.2) is 10.6 Å². The number of sulfonamides is 1. The van der Waals surface area contributed by atoms with Gasteiger partial charge in [-0.15, -0.1) is 0 Å². The van der Waals surface area contributed by atoms with Gasteiger partial charge in [0.15, 0.2) is 5.69 Å². The van der Waals surface area contributed by atoms with Gasteiger partial charge in [0.05, 0.1) is 5.75 Å². The van der Waals surface area contributed by atoms with E-state index < -0.39 is 10.0 Å². The molecule has 28 heavy (non-hydrogen) atoms. The quantitative estimate of drug-likeness (QED) is 0.736. The Bertz CT molecular complexity index is 830. The first-order chi connectivity index (χ1) is 13.5. The van der Waals surface area contributed by atoms with Crippen LogP contribution in [0.5, 0.6) is 0 Å². The number of nitrogens with zero attached hydrogens (tertiary/aromatic N) is 2. The van der Waals surface area contributed by atoms with Crippen LogP contribution >= 0.6 is 0 Å². The van der Waals surface area contributed by atoms with Crippen molar-refractivity contribution in [1.82, 2.24) is 20.1 Å². The molecule has 0 unspecified atom stereocenters. The lowest BCUT2D eigenvalue weighted by Gasteiger charge is -2.38. The van der Waals surface area contributed by atoms with E-state index in [0.717, 1.165) is 50.8 Å². The van der Waals surface area contributed by atoms with Gasteiger partial charge in [0.25, 0.3) is 5.91 Å². The summed E-state index contributed by atoms with van der Waals surface area (Å²) < 4.78 is 33.0. The summed E-state index contributed by atoms with van der Waals surface area (Å²) in [5.74, 6) is 1.20. The number of piperidine rings is 1. The highest BCUT2D eigenvalue weighted by atomic mass is 32.2. The molecule has 0 aromatic carbocycles. The molecule has 8 nitrogen and oxygen atoms in total. The number of nitrogens with one attached hydrogen (secondary N) is 2. The highest BCUT2D eigenvalue weighted by Gasteiger charge is 2.47. The summed E-state index contributed by atoms with van der Waals surface area (Å²) in [5.41, 5.74) is 0.330. The van der Waals surface area contributed by atoms with E-state index in [-0.39, 0.29) is 35.8 Å². The molecule has 1 aromatic heterocycles. The molecule has 154 valence electrons. The van der Waals surface area contributed by atoms with Crippen LogP contribution in [0, 0.1) is 0 Å². The Morgan fingerprint density at radius 2 is 1.96 bits per heavy atom. The zero-order valence-electron chi connectivity index (χ0n) is 16.0. The maximum absolute atomic E-state index is 13.0. The number of fused-ring (bicyclic) bond motifs is 2. The van der Waals surface area contributed by atoms with E-state index >= 15 is 0 Å². The molecule has 5 rings (SSSR count). The SMILES string of the molecule is O=C(N[C@H]1C[C@H]2CC[C@@H](C1)N2S(=O)(=O)C[C@H]1CCCN1)c1cc(C2CC2)on1. The Labute approximate surface area is 165 Å². The lowest BCUT2D eigenvalue weighted by molar-refractivity contribution is 0.0900. The van der Waals surface area contributed by atoms with Crippen LogP contribution in [0.1, 0.15) is 73.5 Å². The fraction of sp³-hybridized carbons (Fsp3) is 0.789. The molecule has 3 aliphatic heterocycles. The highest BCUT2D eigenvalue weighted by molar-refractivity contribution is 7.89. The summed E-state index contributed by atoms with van der Waals surface area (Å²) >= 11 is 0. The van der Waals surface area contributed by atoms with E-state index in [0.29, 0.717) is 24.5 Å². The van der Waals surface area contributed by atoms with Crippen molar-refractivity contribution in [2.45, 2.75) is 81.5 Å². The molecule has 3 saturated heterocycles. The summed E-state index contributed by atoms with van der Waals surface area (Å²) in [7, 11) is -3.28. The van der Waals surface area contributed by atoms with Crippen LogP contribution in [-0.2, 0) is 10.0 Å². The molecule has 1 amide bonds. The minimum absolute atomic E-state index is 0.00483. The monoisotopic (exact) mass is 408 g/mol. The highest BCUT2D eigenvalue weighted by Crippen LogP contribution is 2.40. The van der Waals surface area contributed by atoms with Gasteiger partial charge in [0, 0.05) is 36.2 Å². The largest absolute Gasteiger partial charge is 0.360 e. The van der Waals surface area contributed by atoms with Crippen LogP contribution in [0.3, 0.4) is 0 Å². The second-order valence-corrected chi connectivity index (χ2v) is 10.7. The van der Waals surface area contributed by atoms with Crippen molar-refractivity contribution in [3.63, 3.8) is 0 Å². The molecule has 1 aliphatic carbocycles. The minimum atomic E-state index is -3.28. The lowest BCUT2D eigenvalue weighted by Crippen LogP contribution is -2.54. The Morgan fingerprint density at radius 1 is 1.21 bits per heavy atom. The van der Waals surface area contributed by atoms with Gasteiger partial charge in [-0.2, -0.15) is 4.31 Å². The normalized spacial score (nSPS) is 33.3. The molecule has 4 atom stereocenters. The van der Waals surface area contributed by atoms with Gasteiger partial charge in [-0.05, 0) is 57.9 Å². The Kier molecular flexibility index (Phi) is 4.71. The van der Waals surface area contributed by atoms with Crippen LogP contribution in [0.2, 0.25) is 0 Å². The van der Waals surface area contributed by atoms with Gasteiger partial charge in [-0.25, -0.2) is 8.42 Å². The van der Waals surface area contributed by atoms with E-state index in [1.165, 1.54) is 0 Å². The smallest absolute Gasteiger partial charge is 0.273 e. The first kappa shape index (κ1) is 18.6. The number of rotatable bonds is 6. The summed E-state index contributed by atoms with van der Waals surface area (Å²) in [4.78, 5) is 12.5. The van der Waals surface area contributed by atoms with Gasteiger partial charge in [-0.3, -0.25) is 4.79 Å². The third-order valence-corrected chi connectivity index (χ3v) is 8.70. The van der Waals surface area contributed by atoms with Gasteiger partial charge in [0.1, 0.15) is 5.76 Å². The maximum atomic E-state index is 13.0. The Hall–Kier alpha value is -1.45. The molecule has 2 N–H and O–H groups in total. The first-order valence-electron chi connectivity index (χ1n) is 10.5. The first-order valence-corrected chi connectivity index (χ1v) is 12.1. The maximum Gasteiger partial charge on any atom is 0.273 e. The number of amides is 1. The second kappa shape index (κ2) is 7.11. The molecule has 4 heterocycles. The molecular formula is C19H28N4O4S.